The minimum atomic E-state index is -0.809. The van der Waals surface area contributed by atoms with Gasteiger partial charge in [-0.2, -0.15) is 0 Å². The molecule has 1 fully saturated rings. The van der Waals surface area contributed by atoms with Crippen LogP contribution in [0.5, 0.6) is 0 Å². The van der Waals surface area contributed by atoms with Crippen LogP contribution < -0.4 is 0 Å². The first kappa shape index (κ1) is 20.5. The van der Waals surface area contributed by atoms with E-state index < -0.39 is 16.8 Å². The zero-order chi connectivity index (χ0) is 20.9. The number of ketones is 2. The van der Waals surface area contributed by atoms with Crippen LogP contribution in [-0.4, -0.2) is 22.6 Å². The fraction of sp³-hybridized carbons (Fsp3) is 0.652. The molecule has 5 heteroatoms. The van der Waals surface area contributed by atoms with Crippen LogP contribution in [0.2, 0.25) is 0 Å². The molecule has 0 radical (unpaired) electrons. The molecule has 0 heterocycles. The lowest BCUT2D eigenvalue weighted by atomic mass is 9.43. The lowest BCUT2D eigenvalue weighted by Crippen LogP contribution is -2.55. The summed E-state index contributed by atoms with van der Waals surface area (Å²) in [5.74, 6) is -0.696. The third-order valence-electron chi connectivity index (χ3n) is 7.72. The maximum Gasteiger partial charge on any atom is 0.303 e. The number of hydrogen-bond acceptors (Lipinski definition) is 3. The smallest absolute Gasteiger partial charge is 0.303 e. The van der Waals surface area contributed by atoms with Crippen molar-refractivity contribution in [2.24, 2.45) is 28.1 Å². The van der Waals surface area contributed by atoms with E-state index in [9.17, 15) is 14.4 Å². The van der Waals surface area contributed by atoms with Gasteiger partial charge in [0, 0.05) is 23.7 Å². The van der Waals surface area contributed by atoms with E-state index in [0.717, 1.165) is 18.4 Å². The van der Waals surface area contributed by atoms with E-state index in [1.807, 2.05) is 19.9 Å². The van der Waals surface area contributed by atoms with Crippen LogP contribution in [0.15, 0.2) is 23.4 Å². The number of carbonyl (C=O) groups excluding carboxylic acids is 2. The standard InChI is InChI=1S/C23H29NO4/c1-21(2)17-9-10-22(3)14(7-6-8-19(26)27)11-15(25)12-18(22)23(17,4)13-16(24-5)20(21)28/h12-14,17H,6-11H2,1-4H3,(H,26,27)/t14-,17+,22+,23+/m1/s1. The first-order valence-corrected chi connectivity index (χ1v) is 10.1. The van der Waals surface area contributed by atoms with Crippen LogP contribution >= 0.6 is 0 Å². The van der Waals surface area contributed by atoms with E-state index in [0.29, 0.717) is 19.3 Å². The summed E-state index contributed by atoms with van der Waals surface area (Å²) in [6, 6.07) is 0. The second kappa shape index (κ2) is 6.69. The summed E-state index contributed by atoms with van der Waals surface area (Å²) in [5.41, 5.74) is -0.155. The summed E-state index contributed by atoms with van der Waals surface area (Å²) in [7, 11) is 0. The highest BCUT2D eigenvalue weighted by molar-refractivity contribution is 6.03. The molecule has 0 saturated heterocycles. The number of allylic oxidation sites excluding steroid dienone is 4. The predicted octanol–water partition coefficient (Wildman–Crippen LogP) is 4.59. The Balaban J connectivity index is 2.06. The van der Waals surface area contributed by atoms with Gasteiger partial charge in [0.05, 0.1) is 6.57 Å². The van der Waals surface area contributed by atoms with Gasteiger partial charge in [-0.05, 0) is 49.0 Å². The molecule has 0 spiro atoms. The van der Waals surface area contributed by atoms with Crippen molar-refractivity contribution in [3.63, 3.8) is 0 Å². The maximum atomic E-state index is 12.8. The van der Waals surface area contributed by atoms with E-state index in [2.05, 4.69) is 18.7 Å². The van der Waals surface area contributed by atoms with Crippen molar-refractivity contribution in [3.05, 3.63) is 34.8 Å². The predicted molar refractivity (Wildman–Crippen MR) is 105 cm³/mol. The highest BCUT2D eigenvalue weighted by Gasteiger charge is 2.60. The van der Waals surface area contributed by atoms with E-state index in [1.165, 1.54) is 0 Å². The number of carboxylic acid groups (broad SMARTS) is 1. The number of hydrogen-bond donors (Lipinski definition) is 1. The van der Waals surface area contributed by atoms with Gasteiger partial charge in [-0.3, -0.25) is 9.59 Å². The molecule has 0 aromatic carbocycles. The zero-order valence-corrected chi connectivity index (χ0v) is 17.2. The van der Waals surface area contributed by atoms with Gasteiger partial charge in [0.25, 0.3) is 0 Å². The summed E-state index contributed by atoms with van der Waals surface area (Å²) in [5, 5.41) is 8.98. The lowest BCUT2D eigenvalue weighted by Gasteiger charge is -2.60. The molecule has 0 aromatic heterocycles. The molecule has 5 nitrogen and oxygen atoms in total. The van der Waals surface area contributed by atoms with E-state index >= 15 is 0 Å². The summed E-state index contributed by atoms with van der Waals surface area (Å²) in [6.07, 6.45) is 7.14. The Labute approximate surface area is 166 Å². The Morgan fingerprint density at radius 1 is 1.29 bits per heavy atom. The van der Waals surface area contributed by atoms with Gasteiger partial charge >= 0.3 is 5.97 Å². The topological polar surface area (TPSA) is 75.8 Å². The molecule has 1 saturated carbocycles. The van der Waals surface area contributed by atoms with Crippen LogP contribution in [0.25, 0.3) is 4.85 Å². The minimum Gasteiger partial charge on any atom is -0.481 e. The van der Waals surface area contributed by atoms with Gasteiger partial charge in [-0.1, -0.05) is 39.3 Å². The van der Waals surface area contributed by atoms with Gasteiger partial charge in [0.15, 0.2) is 11.6 Å². The molecule has 150 valence electrons. The molecule has 28 heavy (non-hydrogen) atoms. The van der Waals surface area contributed by atoms with Gasteiger partial charge in [0.2, 0.25) is 5.70 Å². The normalized spacial score (nSPS) is 36.5. The van der Waals surface area contributed by atoms with Gasteiger partial charge in [0.1, 0.15) is 0 Å². The summed E-state index contributed by atoms with van der Waals surface area (Å²) in [4.78, 5) is 39.9. The Morgan fingerprint density at radius 2 is 1.96 bits per heavy atom. The third-order valence-corrected chi connectivity index (χ3v) is 7.72. The molecule has 0 bridgehead atoms. The third kappa shape index (κ3) is 2.94. The molecule has 3 rings (SSSR count). The first-order valence-electron chi connectivity index (χ1n) is 10.1. The fourth-order valence-corrected chi connectivity index (χ4v) is 6.24. The molecule has 3 aliphatic rings. The highest BCUT2D eigenvalue weighted by Crippen LogP contribution is 2.65. The van der Waals surface area contributed by atoms with Crippen molar-refractivity contribution < 1.29 is 19.5 Å². The van der Waals surface area contributed by atoms with Crippen LogP contribution in [0.3, 0.4) is 0 Å². The number of aliphatic carboxylic acids is 1. The number of fused-ring (bicyclic) bond motifs is 3. The van der Waals surface area contributed by atoms with Crippen LogP contribution in [0.1, 0.15) is 66.2 Å². The molecule has 1 N–H and O–H groups in total. The molecular formula is C23H29NO4. The Kier molecular flexibility index (Phi) is 4.90. The van der Waals surface area contributed by atoms with Crippen LogP contribution in [0, 0.1) is 34.7 Å². The second-order valence-electron chi connectivity index (χ2n) is 9.69. The highest BCUT2D eigenvalue weighted by atomic mass is 16.4. The number of rotatable bonds is 4. The summed E-state index contributed by atoms with van der Waals surface area (Å²) < 4.78 is 0. The molecule has 0 unspecified atom stereocenters. The molecule has 0 aliphatic heterocycles. The molecule has 3 aliphatic carbocycles. The van der Waals surface area contributed by atoms with Gasteiger partial charge in [-0.15, -0.1) is 0 Å². The van der Waals surface area contributed by atoms with Crippen molar-refractivity contribution in [2.45, 2.75) is 66.2 Å². The summed E-state index contributed by atoms with van der Waals surface area (Å²) in [6.45, 7) is 15.6. The van der Waals surface area contributed by atoms with Crippen molar-refractivity contribution in [3.8, 4) is 0 Å². The second-order valence-corrected chi connectivity index (χ2v) is 9.69. The lowest BCUT2D eigenvalue weighted by molar-refractivity contribution is -0.137. The molecule has 0 amide bonds. The van der Waals surface area contributed by atoms with E-state index in [1.54, 1.807) is 6.08 Å². The number of nitrogens with zero attached hydrogens (tertiary/aromatic N) is 1. The monoisotopic (exact) mass is 383 g/mol. The van der Waals surface area contributed by atoms with Crippen LogP contribution in [-0.2, 0) is 14.4 Å². The molecule has 4 atom stereocenters. The Bertz CT molecular complexity index is 843. The summed E-state index contributed by atoms with van der Waals surface area (Å²) >= 11 is 0. The van der Waals surface area contributed by atoms with Crippen molar-refractivity contribution >= 4 is 17.5 Å². The number of Topliss-reactive ketones (excluding diaryl/α,β-unsaturated/α-hetero) is 1. The van der Waals surface area contributed by atoms with E-state index in [4.69, 9.17) is 11.7 Å². The quantitative estimate of drug-likeness (QED) is 0.720. The maximum absolute atomic E-state index is 12.8. The largest absolute Gasteiger partial charge is 0.481 e. The van der Waals surface area contributed by atoms with E-state index in [-0.39, 0.29) is 40.9 Å². The zero-order valence-electron chi connectivity index (χ0n) is 17.2. The SMILES string of the molecule is [C-]#[N+]C1=C[C@]2(C)C3=CC(=O)C[C@@H](CCCC(=O)O)[C@]3(C)CC[C@H]2C(C)(C)C1=O. The molecular weight excluding hydrogens is 354 g/mol. The number of carboxylic acids is 1. The fourth-order valence-electron chi connectivity index (χ4n) is 6.24. The Morgan fingerprint density at radius 3 is 2.57 bits per heavy atom. The minimum absolute atomic E-state index is 0.0443. The first-order chi connectivity index (χ1) is 13.0. The van der Waals surface area contributed by atoms with Crippen LogP contribution in [0.4, 0.5) is 0 Å². The molecule has 0 aromatic rings. The van der Waals surface area contributed by atoms with Crippen molar-refractivity contribution in [2.75, 3.05) is 0 Å². The average molecular weight is 383 g/mol. The van der Waals surface area contributed by atoms with Crippen molar-refractivity contribution in [1.29, 1.82) is 0 Å². The van der Waals surface area contributed by atoms with Gasteiger partial charge < -0.3 is 9.90 Å². The Hall–Kier alpha value is -2.22. The number of carbonyl (C=O) groups is 3. The van der Waals surface area contributed by atoms with Crippen molar-refractivity contribution in [1.82, 2.24) is 0 Å². The average Bonchev–Trinajstić information content (AvgIpc) is 2.60. The van der Waals surface area contributed by atoms with Gasteiger partial charge in [-0.25, -0.2) is 4.85 Å².